The average molecular weight is 375 g/mol. The maximum atomic E-state index is 12.2. The van der Waals surface area contributed by atoms with Crippen molar-refractivity contribution in [1.29, 1.82) is 0 Å². The second kappa shape index (κ2) is 8.30. The van der Waals surface area contributed by atoms with Gasteiger partial charge in [0.15, 0.2) is 0 Å². The molecule has 1 saturated heterocycles. The van der Waals surface area contributed by atoms with E-state index in [2.05, 4.69) is 4.98 Å². The Bertz CT molecular complexity index is 894. The highest BCUT2D eigenvalue weighted by atomic mass is 16.5. The Morgan fingerprint density at radius 2 is 2.04 bits per heavy atom. The second-order valence-electron chi connectivity index (χ2n) is 6.33. The van der Waals surface area contributed by atoms with Gasteiger partial charge in [0.05, 0.1) is 12.7 Å². The lowest BCUT2D eigenvalue weighted by Gasteiger charge is -2.20. The van der Waals surface area contributed by atoms with Crippen LogP contribution in [0.4, 0.5) is 5.69 Å². The third kappa shape index (κ3) is 4.16. The first-order valence-electron chi connectivity index (χ1n) is 8.59. The van der Waals surface area contributed by atoms with Gasteiger partial charge < -0.3 is 19.8 Å². The van der Waals surface area contributed by atoms with Crippen LogP contribution in [-0.2, 0) is 16.0 Å². The highest BCUT2D eigenvalue weighted by Crippen LogP contribution is 2.27. The van der Waals surface area contributed by atoms with E-state index < -0.39 is 29.7 Å². The van der Waals surface area contributed by atoms with Crippen LogP contribution in [-0.4, -0.2) is 51.5 Å². The van der Waals surface area contributed by atoms with Crippen LogP contribution >= 0.6 is 0 Å². The minimum absolute atomic E-state index is 0.00562. The summed E-state index contributed by atoms with van der Waals surface area (Å²) in [5.74, 6) is 0. The molecule has 3 atom stereocenters. The van der Waals surface area contributed by atoms with Crippen molar-refractivity contribution in [2.75, 3.05) is 18.1 Å². The Morgan fingerprint density at radius 1 is 1.30 bits per heavy atom. The lowest BCUT2D eigenvalue weighted by molar-refractivity contribution is -0.107. The molecule has 1 aliphatic heterocycles. The number of nitrogens with zero attached hydrogens (tertiary/aromatic N) is 2. The van der Waals surface area contributed by atoms with E-state index >= 15 is 0 Å². The van der Waals surface area contributed by atoms with Crippen LogP contribution in [0.3, 0.4) is 0 Å². The van der Waals surface area contributed by atoms with Crippen molar-refractivity contribution in [3.63, 3.8) is 0 Å². The lowest BCUT2D eigenvalue weighted by Crippen LogP contribution is -2.37. The summed E-state index contributed by atoms with van der Waals surface area (Å²) in [6.07, 6.45) is -0.186. The summed E-state index contributed by atoms with van der Waals surface area (Å²) < 4.78 is 6.58. The zero-order valence-corrected chi connectivity index (χ0v) is 14.5. The van der Waals surface area contributed by atoms with Crippen molar-refractivity contribution in [3.8, 4) is 0 Å². The maximum absolute atomic E-state index is 12.2. The highest BCUT2D eigenvalue weighted by Gasteiger charge is 2.35. The summed E-state index contributed by atoms with van der Waals surface area (Å²) in [4.78, 5) is 39.3. The van der Waals surface area contributed by atoms with Crippen molar-refractivity contribution in [1.82, 2.24) is 9.55 Å². The number of anilines is 1. The monoisotopic (exact) mass is 375 g/mol. The number of amides is 1. The van der Waals surface area contributed by atoms with Crippen LogP contribution in [0.25, 0.3) is 0 Å². The van der Waals surface area contributed by atoms with Crippen LogP contribution in [0.2, 0.25) is 0 Å². The number of nitrogens with one attached hydrogen (secondary N) is 1. The summed E-state index contributed by atoms with van der Waals surface area (Å²) >= 11 is 0. The van der Waals surface area contributed by atoms with Gasteiger partial charge in [-0.15, -0.1) is 0 Å². The molecule has 1 aromatic heterocycles. The molecule has 1 aliphatic rings. The smallest absolute Gasteiger partial charge is 0.330 e. The number of rotatable bonds is 7. The van der Waals surface area contributed by atoms with E-state index in [1.54, 1.807) is 0 Å². The van der Waals surface area contributed by atoms with E-state index in [0.717, 1.165) is 10.1 Å². The van der Waals surface area contributed by atoms with Gasteiger partial charge in [0.25, 0.3) is 5.56 Å². The van der Waals surface area contributed by atoms with E-state index in [1.807, 2.05) is 30.3 Å². The summed E-state index contributed by atoms with van der Waals surface area (Å²) in [5.41, 5.74) is -0.393. The van der Waals surface area contributed by atoms with Crippen molar-refractivity contribution >= 4 is 12.1 Å². The Hall–Kier alpha value is -2.75. The fourth-order valence-electron chi connectivity index (χ4n) is 3.07. The third-order valence-electron chi connectivity index (χ3n) is 4.56. The predicted octanol–water partition coefficient (Wildman–Crippen LogP) is -0.617. The average Bonchev–Trinajstić information content (AvgIpc) is 3.05. The van der Waals surface area contributed by atoms with Gasteiger partial charge in [0.2, 0.25) is 6.41 Å². The number of ether oxygens (including phenoxy) is 1. The quantitative estimate of drug-likeness (QED) is 0.554. The van der Waals surface area contributed by atoms with E-state index in [-0.39, 0.29) is 25.3 Å². The number of benzene rings is 1. The molecule has 2 aromatic rings. The highest BCUT2D eigenvalue weighted by molar-refractivity contribution is 5.74. The molecule has 9 heteroatoms. The zero-order chi connectivity index (χ0) is 19.4. The molecule has 9 nitrogen and oxygen atoms in total. The van der Waals surface area contributed by atoms with E-state index in [0.29, 0.717) is 12.8 Å². The van der Waals surface area contributed by atoms with Gasteiger partial charge in [0, 0.05) is 19.2 Å². The number of aromatic amines is 1. The number of aliphatic hydroxyl groups excluding tert-OH is 2. The molecule has 1 fully saturated rings. The third-order valence-corrected chi connectivity index (χ3v) is 4.56. The normalized spacial score (nSPS) is 21.9. The zero-order valence-electron chi connectivity index (χ0n) is 14.5. The molecular formula is C18H21N3O6. The van der Waals surface area contributed by atoms with Gasteiger partial charge in [-0.2, -0.15) is 0 Å². The maximum Gasteiger partial charge on any atom is 0.330 e. The Kier molecular flexibility index (Phi) is 5.84. The van der Waals surface area contributed by atoms with Gasteiger partial charge in [-0.05, 0) is 12.0 Å². The molecule has 0 bridgehead atoms. The van der Waals surface area contributed by atoms with Gasteiger partial charge in [0.1, 0.15) is 18.0 Å². The molecule has 1 amide bonds. The number of aromatic nitrogens is 2. The van der Waals surface area contributed by atoms with E-state index in [4.69, 9.17) is 4.74 Å². The summed E-state index contributed by atoms with van der Waals surface area (Å²) in [7, 11) is 0. The molecule has 0 unspecified atom stereocenters. The molecule has 2 heterocycles. The van der Waals surface area contributed by atoms with Crippen LogP contribution < -0.4 is 16.1 Å². The lowest BCUT2D eigenvalue weighted by atomic mass is 10.1. The predicted molar refractivity (Wildman–Crippen MR) is 96.5 cm³/mol. The molecule has 144 valence electrons. The number of aliphatic hydroxyl groups is 2. The van der Waals surface area contributed by atoms with E-state index in [1.165, 1.54) is 11.1 Å². The first-order valence-corrected chi connectivity index (χ1v) is 8.59. The van der Waals surface area contributed by atoms with Gasteiger partial charge >= 0.3 is 5.69 Å². The molecule has 3 rings (SSSR count). The molecule has 27 heavy (non-hydrogen) atoms. The minimum atomic E-state index is -0.928. The van der Waals surface area contributed by atoms with Crippen molar-refractivity contribution in [2.24, 2.45) is 0 Å². The fraction of sp³-hybridized carbons (Fsp3) is 0.389. The largest absolute Gasteiger partial charge is 0.394 e. The van der Waals surface area contributed by atoms with Crippen molar-refractivity contribution in [2.45, 2.75) is 31.3 Å². The summed E-state index contributed by atoms with van der Waals surface area (Å²) in [5, 5.41) is 19.1. The van der Waals surface area contributed by atoms with Gasteiger partial charge in [-0.25, -0.2) is 4.79 Å². The Morgan fingerprint density at radius 3 is 2.67 bits per heavy atom. The second-order valence-corrected chi connectivity index (χ2v) is 6.33. The number of hydrogen-bond donors (Lipinski definition) is 3. The molecule has 1 aromatic carbocycles. The molecule has 0 aliphatic carbocycles. The van der Waals surface area contributed by atoms with Crippen LogP contribution in [0.15, 0.2) is 46.1 Å². The molecule has 0 spiro atoms. The number of carbonyl (C=O) groups is 1. The van der Waals surface area contributed by atoms with Crippen LogP contribution in [0.5, 0.6) is 0 Å². The summed E-state index contributed by atoms with van der Waals surface area (Å²) in [6, 6.07) is 9.48. The molecular weight excluding hydrogens is 354 g/mol. The Balaban J connectivity index is 1.85. The molecule has 0 saturated carbocycles. The van der Waals surface area contributed by atoms with Crippen molar-refractivity contribution in [3.05, 3.63) is 62.9 Å². The minimum Gasteiger partial charge on any atom is -0.394 e. The first-order chi connectivity index (χ1) is 13.0. The first kappa shape index (κ1) is 19.0. The van der Waals surface area contributed by atoms with Gasteiger partial charge in [-0.3, -0.25) is 19.1 Å². The van der Waals surface area contributed by atoms with Crippen LogP contribution in [0, 0.1) is 0 Å². The molecule has 0 radical (unpaired) electrons. The number of H-pyrrole nitrogens is 1. The number of carbonyl (C=O) groups excluding carboxylic acids is 1. The standard InChI is InChI=1S/C18H21N3O6/c22-10-15-14(24)8-16(27-15)21-9-13(17(25)19-18(21)26)20(11-23)7-6-12-4-2-1-3-5-12/h1-5,9,11,14-16,22,24H,6-8,10H2,(H,19,25,26)/t14-,15+,16+/m0/s1. The topological polar surface area (TPSA) is 125 Å². The molecule has 3 N–H and O–H groups in total. The SMILES string of the molecule is O=CN(CCc1ccccc1)c1cn([C@H]2C[C@H](O)[C@@H](CO)O2)c(=O)[nH]c1=O. The number of hydrogen-bond acceptors (Lipinski definition) is 6. The van der Waals surface area contributed by atoms with Crippen molar-refractivity contribution < 1.29 is 19.7 Å². The van der Waals surface area contributed by atoms with E-state index in [9.17, 15) is 24.6 Å². The van der Waals surface area contributed by atoms with Gasteiger partial charge in [-0.1, -0.05) is 30.3 Å². The fourth-order valence-corrected chi connectivity index (χ4v) is 3.07. The van der Waals surface area contributed by atoms with Crippen LogP contribution in [0.1, 0.15) is 18.2 Å². The summed E-state index contributed by atoms with van der Waals surface area (Å²) in [6.45, 7) is -0.137. The Labute approximate surface area is 154 Å².